The molecule has 2 fully saturated rings. The minimum atomic E-state index is -0.272. The predicted octanol–water partition coefficient (Wildman–Crippen LogP) is 3.51. The van der Waals surface area contributed by atoms with Crippen molar-refractivity contribution in [2.45, 2.75) is 62.4 Å². The van der Waals surface area contributed by atoms with Crippen LogP contribution in [0.25, 0.3) is 0 Å². The second-order valence-corrected chi connectivity index (χ2v) is 8.46. The van der Waals surface area contributed by atoms with Crippen molar-refractivity contribution in [2.75, 3.05) is 5.75 Å². The van der Waals surface area contributed by atoms with Gasteiger partial charge in [-0.1, -0.05) is 13.3 Å². The molecule has 0 aromatic heterocycles. The maximum Gasteiger partial charge on any atom is 0.230 e. The first-order chi connectivity index (χ1) is 12.5. The average molecular weight is 379 g/mol. The number of hydrogen-bond donors (Lipinski definition) is 2. The Hall–Kier alpha value is -1.56. The van der Waals surface area contributed by atoms with E-state index in [2.05, 4.69) is 17.6 Å². The number of fused-ring (bicyclic) bond motifs is 1. The molecule has 1 aliphatic carbocycles. The zero-order valence-electron chi connectivity index (χ0n) is 15.2. The van der Waals surface area contributed by atoms with E-state index in [0.717, 1.165) is 37.0 Å². The molecular formula is C20H27FN2O2S. The zero-order valence-corrected chi connectivity index (χ0v) is 16.0. The fraction of sp³-hybridized carbons (Fsp3) is 0.600. The Kier molecular flexibility index (Phi) is 6.57. The van der Waals surface area contributed by atoms with Gasteiger partial charge >= 0.3 is 0 Å². The fourth-order valence-corrected chi connectivity index (χ4v) is 5.06. The van der Waals surface area contributed by atoms with E-state index in [1.807, 2.05) is 0 Å². The fourth-order valence-electron chi connectivity index (χ4n) is 4.35. The molecule has 142 valence electrons. The second-order valence-electron chi connectivity index (χ2n) is 7.41. The van der Waals surface area contributed by atoms with Gasteiger partial charge in [-0.05, 0) is 61.8 Å². The molecule has 1 saturated heterocycles. The van der Waals surface area contributed by atoms with Gasteiger partial charge in [0.1, 0.15) is 5.82 Å². The van der Waals surface area contributed by atoms with Gasteiger partial charge in [0.25, 0.3) is 0 Å². The van der Waals surface area contributed by atoms with Crippen LogP contribution < -0.4 is 10.6 Å². The molecule has 6 heteroatoms. The quantitative estimate of drug-likeness (QED) is 0.745. The van der Waals surface area contributed by atoms with Gasteiger partial charge in [-0.15, -0.1) is 11.8 Å². The number of benzene rings is 1. The molecule has 1 aromatic carbocycles. The molecule has 3 rings (SSSR count). The second kappa shape index (κ2) is 8.89. The number of nitrogens with one attached hydrogen (secondary N) is 2. The first kappa shape index (κ1) is 19.2. The van der Waals surface area contributed by atoms with Crippen molar-refractivity contribution in [2.24, 2.45) is 11.8 Å². The van der Waals surface area contributed by atoms with E-state index in [1.165, 1.54) is 23.9 Å². The highest BCUT2D eigenvalue weighted by molar-refractivity contribution is 8.00. The Labute approximate surface area is 158 Å². The van der Waals surface area contributed by atoms with E-state index >= 15 is 0 Å². The third kappa shape index (κ3) is 5.00. The molecule has 1 saturated carbocycles. The van der Waals surface area contributed by atoms with Gasteiger partial charge in [-0.2, -0.15) is 0 Å². The summed E-state index contributed by atoms with van der Waals surface area (Å²) < 4.78 is 12.9. The number of hydrogen-bond acceptors (Lipinski definition) is 3. The Morgan fingerprint density at radius 2 is 2.08 bits per heavy atom. The van der Waals surface area contributed by atoms with Gasteiger partial charge in [0.15, 0.2) is 0 Å². The van der Waals surface area contributed by atoms with E-state index in [0.29, 0.717) is 24.0 Å². The van der Waals surface area contributed by atoms with Crippen LogP contribution in [0, 0.1) is 17.7 Å². The molecule has 0 spiro atoms. The van der Waals surface area contributed by atoms with Crippen LogP contribution in [0.4, 0.5) is 4.39 Å². The van der Waals surface area contributed by atoms with E-state index < -0.39 is 0 Å². The van der Waals surface area contributed by atoms with Crippen molar-refractivity contribution in [1.29, 1.82) is 0 Å². The van der Waals surface area contributed by atoms with Crippen molar-refractivity contribution < 1.29 is 14.0 Å². The minimum absolute atomic E-state index is 0.00461. The zero-order chi connectivity index (χ0) is 18.5. The molecule has 4 nitrogen and oxygen atoms in total. The normalized spacial score (nSPS) is 28.2. The highest BCUT2D eigenvalue weighted by atomic mass is 32.2. The lowest BCUT2D eigenvalue weighted by atomic mass is 9.70. The van der Waals surface area contributed by atoms with Crippen molar-refractivity contribution in [1.82, 2.24) is 10.6 Å². The summed E-state index contributed by atoms with van der Waals surface area (Å²) in [6, 6.07) is 6.49. The lowest BCUT2D eigenvalue weighted by Gasteiger charge is -2.44. The summed E-state index contributed by atoms with van der Waals surface area (Å²) in [5.74, 6) is 1.24. The molecule has 0 radical (unpaired) electrons. The Bertz CT molecular complexity index is 637. The molecule has 2 amide bonds. The Balaban J connectivity index is 1.48. The predicted molar refractivity (Wildman–Crippen MR) is 101 cm³/mol. The van der Waals surface area contributed by atoms with Crippen LogP contribution in [0.15, 0.2) is 29.2 Å². The number of piperidine rings is 1. The summed E-state index contributed by atoms with van der Waals surface area (Å²) in [4.78, 5) is 25.1. The van der Waals surface area contributed by atoms with Crippen LogP contribution in [0.3, 0.4) is 0 Å². The lowest BCUT2D eigenvalue weighted by molar-refractivity contribution is -0.127. The van der Waals surface area contributed by atoms with E-state index in [4.69, 9.17) is 0 Å². The van der Waals surface area contributed by atoms with Gasteiger partial charge < -0.3 is 10.6 Å². The Morgan fingerprint density at radius 1 is 1.31 bits per heavy atom. The molecule has 0 bridgehead atoms. The summed E-state index contributed by atoms with van der Waals surface area (Å²) in [7, 11) is 0. The number of carbonyl (C=O) groups excluding carboxylic acids is 2. The third-order valence-electron chi connectivity index (χ3n) is 5.51. The van der Waals surface area contributed by atoms with E-state index in [9.17, 15) is 14.0 Å². The summed E-state index contributed by atoms with van der Waals surface area (Å²) in [5, 5.41) is 6.25. The molecule has 4 atom stereocenters. The molecule has 4 unspecified atom stereocenters. The maximum absolute atomic E-state index is 12.9. The minimum Gasteiger partial charge on any atom is -0.353 e. The topological polar surface area (TPSA) is 58.2 Å². The van der Waals surface area contributed by atoms with Crippen LogP contribution in [0.2, 0.25) is 0 Å². The number of amides is 2. The van der Waals surface area contributed by atoms with Crippen molar-refractivity contribution in [3.63, 3.8) is 0 Å². The lowest BCUT2D eigenvalue weighted by Crippen LogP contribution is -2.55. The van der Waals surface area contributed by atoms with Gasteiger partial charge in [0, 0.05) is 23.4 Å². The largest absolute Gasteiger partial charge is 0.353 e. The number of rotatable bonds is 6. The van der Waals surface area contributed by atoms with Crippen LogP contribution in [0.5, 0.6) is 0 Å². The summed E-state index contributed by atoms with van der Waals surface area (Å²) in [6.07, 6.45) is 5.74. The van der Waals surface area contributed by atoms with Gasteiger partial charge in [0.05, 0.1) is 5.75 Å². The van der Waals surface area contributed by atoms with E-state index in [1.54, 1.807) is 12.1 Å². The van der Waals surface area contributed by atoms with Crippen LogP contribution in [-0.2, 0) is 9.59 Å². The monoisotopic (exact) mass is 378 g/mol. The highest BCUT2D eigenvalue weighted by Gasteiger charge is 2.40. The van der Waals surface area contributed by atoms with E-state index in [-0.39, 0.29) is 29.7 Å². The SMILES string of the molecule is CCCC1CC(=O)NC2CC(NC(=O)CSc3ccc(F)cc3)CCC12. The first-order valence-electron chi connectivity index (χ1n) is 9.52. The highest BCUT2D eigenvalue weighted by Crippen LogP contribution is 2.37. The van der Waals surface area contributed by atoms with Gasteiger partial charge in [-0.3, -0.25) is 9.59 Å². The molecule has 2 aliphatic rings. The van der Waals surface area contributed by atoms with Crippen molar-refractivity contribution in [3.05, 3.63) is 30.1 Å². The number of carbonyl (C=O) groups is 2. The first-order valence-corrected chi connectivity index (χ1v) is 10.5. The molecular weight excluding hydrogens is 351 g/mol. The molecule has 2 N–H and O–H groups in total. The smallest absolute Gasteiger partial charge is 0.230 e. The molecule has 1 aromatic rings. The maximum atomic E-state index is 12.9. The summed E-state index contributed by atoms with van der Waals surface area (Å²) in [5.41, 5.74) is 0. The van der Waals surface area contributed by atoms with Crippen molar-refractivity contribution >= 4 is 23.6 Å². The van der Waals surface area contributed by atoms with Crippen molar-refractivity contribution in [3.8, 4) is 0 Å². The van der Waals surface area contributed by atoms with Crippen LogP contribution in [-0.4, -0.2) is 29.7 Å². The van der Waals surface area contributed by atoms with Crippen LogP contribution >= 0.6 is 11.8 Å². The van der Waals surface area contributed by atoms with Gasteiger partial charge in [-0.25, -0.2) is 4.39 Å². The van der Waals surface area contributed by atoms with Gasteiger partial charge in [0.2, 0.25) is 11.8 Å². The average Bonchev–Trinajstić information content (AvgIpc) is 2.61. The summed E-state index contributed by atoms with van der Waals surface area (Å²) in [6.45, 7) is 2.17. The van der Waals surface area contributed by atoms with Crippen LogP contribution in [0.1, 0.15) is 45.4 Å². The molecule has 1 heterocycles. The Morgan fingerprint density at radius 3 is 2.81 bits per heavy atom. The number of thioether (sulfide) groups is 1. The number of halogens is 1. The summed E-state index contributed by atoms with van der Waals surface area (Å²) >= 11 is 1.41. The molecule has 1 aliphatic heterocycles. The third-order valence-corrected chi connectivity index (χ3v) is 6.52. The standard InChI is InChI=1S/C20H27FN2O2S/c1-2-3-13-10-19(24)23-18-11-15(6-9-17(13)18)22-20(25)12-26-16-7-4-14(21)5-8-16/h4-5,7-8,13,15,17-18H,2-3,6,9-12H2,1H3,(H,22,25)(H,23,24). The molecule has 26 heavy (non-hydrogen) atoms.